The van der Waals surface area contributed by atoms with Crippen molar-refractivity contribution in [3.63, 3.8) is 0 Å². The minimum Gasteiger partial charge on any atom is -0.345 e. The van der Waals surface area contributed by atoms with Gasteiger partial charge in [0.1, 0.15) is 6.04 Å². The predicted molar refractivity (Wildman–Crippen MR) is 122 cm³/mol. The first-order valence-corrected chi connectivity index (χ1v) is 10.6. The molecule has 0 aliphatic carbocycles. The topological polar surface area (TPSA) is 88.4 Å². The summed E-state index contributed by atoms with van der Waals surface area (Å²) in [4.78, 5) is 26.0. The molecule has 8 heteroatoms. The molecule has 2 heterocycles. The number of aromatic nitrogens is 3. The molecule has 0 saturated carbocycles. The fourth-order valence-corrected chi connectivity index (χ4v) is 3.56. The lowest BCUT2D eigenvalue weighted by atomic mass is 10.0. The van der Waals surface area contributed by atoms with E-state index in [1.165, 1.54) is 0 Å². The molecule has 0 aliphatic rings. The van der Waals surface area contributed by atoms with E-state index in [-0.39, 0.29) is 11.8 Å². The van der Waals surface area contributed by atoms with E-state index in [0.29, 0.717) is 28.5 Å². The van der Waals surface area contributed by atoms with Crippen LogP contribution < -0.4 is 10.6 Å². The van der Waals surface area contributed by atoms with Crippen LogP contribution in [-0.2, 0) is 11.2 Å². The van der Waals surface area contributed by atoms with E-state index in [2.05, 4.69) is 20.8 Å². The Labute approximate surface area is 190 Å². The van der Waals surface area contributed by atoms with Crippen LogP contribution in [0.15, 0.2) is 79.0 Å². The molecule has 2 atom stereocenters. The van der Waals surface area contributed by atoms with Crippen LogP contribution in [0, 0.1) is 0 Å². The molecule has 0 radical (unpaired) electrons. The van der Waals surface area contributed by atoms with Crippen molar-refractivity contribution >= 4 is 29.1 Å². The van der Waals surface area contributed by atoms with Crippen molar-refractivity contribution in [1.29, 1.82) is 0 Å². The molecule has 0 spiro atoms. The number of carbonyl (C=O) groups is 2. The quantitative estimate of drug-likeness (QED) is 0.453. The summed E-state index contributed by atoms with van der Waals surface area (Å²) in [5, 5.41) is 14.7. The Kier molecular flexibility index (Phi) is 6.47. The number of rotatable bonds is 7. The highest BCUT2D eigenvalue weighted by Gasteiger charge is 2.25. The van der Waals surface area contributed by atoms with E-state index < -0.39 is 12.1 Å². The number of carbonyl (C=O) groups excluding carboxylic acids is 2. The zero-order valence-corrected chi connectivity index (χ0v) is 18.2. The fourth-order valence-electron chi connectivity index (χ4n) is 3.44. The Morgan fingerprint density at radius 3 is 2.41 bits per heavy atom. The summed E-state index contributed by atoms with van der Waals surface area (Å²) in [6.07, 6.45) is 2.19. The Hall–Kier alpha value is -3.71. The zero-order valence-electron chi connectivity index (χ0n) is 17.4. The largest absolute Gasteiger partial charge is 0.345 e. The number of fused-ring (bicyclic) bond motifs is 1. The van der Waals surface area contributed by atoms with Crippen LogP contribution in [-0.4, -0.2) is 32.5 Å². The molecule has 2 N–H and O–H groups in total. The molecule has 7 nitrogen and oxygen atoms in total. The van der Waals surface area contributed by atoms with Crippen LogP contribution in [0.4, 0.5) is 0 Å². The lowest BCUT2D eigenvalue weighted by Crippen LogP contribution is -2.48. The van der Waals surface area contributed by atoms with Gasteiger partial charge in [0.15, 0.2) is 11.5 Å². The molecule has 2 aromatic heterocycles. The molecule has 2 aromatic carbocycles. The summed E-state index contributed by atoms with van der Waals surface area (Å²) in [5.74, 6) is -0.0499. The average Bonchev–Trinajstić information content (AvgIpc) is 3.24. The summed E-state index contributed by atoms with van der Waals surface area (Å²) < 4.78 is 1.82. The molecular weight excluding hydrogens is 426 g/mol. The second-order valence-corrected chi connectivity index (χ2v) is 7.88. The molecule has 162 valence electrons. The minimum absolute atomic E-state index is 0.309. The predicted octanol–water partition coefficient (Wildman–Crippen LogP) is 3.60. The number of halogens is 1. The van der Waals surface area contributed by atoms with Crippen molar-refractivity contribution < 1.29 is 9.59 Å². The van der Waals surface area contributed by atoms with Gasteiger partial charge in [-0.1, -0.05) is 48.0 Å². The van der Waals surface area contributed by atoms with Crippen LogP contribution in [0.3, 0.4) is 0 Å². The van der Waals surface area contributed by atoms with E-state index in [1.54, 1.807) is 24.3 Å². The fraction of sp³-hybridized carbons (Fsp3) is 0.167. The molecule has 0 saturated heterocycles. The Morgan fingerprint density at radius 1 is 0.938 bits per heavy atom. The van der Waals surface area contributed by atoms with Crippen LogP contribution in [0.5, 0.6) is 0 Å². The van der Waals surface area contributed by atoms with Gasteiger partial charge in [-0.25, -0.2) is 0 Å². The highest BCUT2D eigenvalue weighted by molar-refractivity contribution is 6.30. The standard InChI is InChI=1S/C24H22ClN5O2/c1-16(22-29-28-21-9-5-6-14-30(21)22)26-24(32)20(15-17-7-3-2-4-8-17)27-23(31)18-10-12-19(25)13-11-18/h2-14,16,20H,15H2,1H3,(H,26,32)(H,27,31). The normalized spacial score (nSPS) is 12.8. The number of nitrogens with one attached hydrogen (secondary N) is 2. The number of hydrogen-bond acceptors (Lipinski definition) is 4. The maximum Gasteiger partial charge on any atom is 0.251 e. The number of amides is 2. The molecule has 2 unspecified atom stereocenters. The van der Waals surface area contributed by atoms with Gasteiger partial charge in [-0.15, -0.1) is 10.2 Å². The van der Waals surface area contributed by atoms with E-state index >= 15 is 0 Å². The maximum atomic E-state index is 13.2. The van der Waals surface area contributed by atoms with Gasteiger partial charge >= 0.3 is 0 Å². The molecular formula is C24H22ClN5O2. The van der Waals surface area contributed by atoms with E-state index in [4.69, 9.17) is 11.6 Å². The zero-order chi connectivity index (χ0) is 22.5. The van der Waals surface area contributed by atoms with Crippen molar-refractivity contribution in [3.8, 4) is 0 Å². The number of nitrogens with zero attached hydrogens (tertiary/aromatic N) is 3. The van der Waals surface area contributed by atoms with Gasteiger partial charge in [-0.3, -0.25) is 14.0 Å². The van der Waals surface area contributed by atoms with Crippen molar-refractivity contribution in [2.45, 2.75) is 25.4 Å². The Morgan fingerprint density at radius 2 is 1.66 bits per heavy atom. The summed E-state index contributed by atoms with van der Waals surface area (Å²) >= 11 is 5.92. The van der Waals surface area contributed by atoms with E-state index in [1.807, 2.05) is 66.1 Å². The average molecular weight is 448 g/mol. The lowest BCUT2D eigenvalue weighted by Gasteiger charge is -2.21. The first kappa shape index (κ1) is 21.5. The molecule has 4 aromatic rings. The van der Waals surface area contributed by atoms with Gasteiger partial charge in [0, 0.05) is 23.2 Å². The van der Waals surface area contributed by atoms with Crippen LogP contribution in [0.2, 0.25) is 5.02 Å². The van der Waals surface area contributed by atoms with E-state index in [9.17, 15) is 9.59 Å². The van der Waals surface area contributed by atoms with Crippen molar-refractivity contribution in [2.24, 2.45) is 0 Å². The Balaban J connectivity index is 1.53. The molecule has 0 bridgehead atoms. The number of pyridine rings is 1. The van der Waals surface area contributed by atoms with Gasteiger partial charge in [0.25, 0.3) is 5.91 Å². The lowest BCUT2D eigenvalue weighted by molar-refractivity contribution is -0.123. The highest BCUT2D eigenvalue weighted by atomic mass is 35.5. The van der Waals surface area contributed by atoms with Crippen molar-refractivity contribution in [3.05, 3.63) is 101 Å². The van der Waals surface area contributed by atoms with E-state index in [0.717, 1.165) is 5.56 Å². The van der Waals surface area contributed by atoms with Gasteiger partial charge in [-0.05, 0) is 48.9 Å². The third-order valence-electron chi connectivity index (χ3n) is 5.10. The first-order chi connectivity index (χ1) is 15.5. The third-order valence-corrected chi connectivity index (χ3v) is 5.35. The summed E-state index contributed by atoms with van der Waals surface area (Å²) in [6, 6.07) is 20.5. The van der Waals surface area contributed by atoms with Crippen molar-refractivity contribution in [1.82, 2.24) is 25.2 Å². The first-order valence-electron chi connectivity index (χ1n) is 10.2. The SMILES string of the molecule is CC(NC(=O)C(Cc1ccccc1)NC(=O)c1ccc(Cl)cc1)c1nnc2ccccn12. The van der Waals surface area contributed by atoms with Crippen LogP contribution >= 0.6 is 11.6 Å². The second kappa shape index (κ2) is 9.62. The number of hydrogen-bond donors (Lipinski definition) is 2. The third kappa shape index (κ3) is 4.95. The van der Waals surface area contributed by atoms with Gasteiger partial charge in [0.05, 0.1) is 6.04 Å². The summed E-state index contributed by atoms with van der Waals surface area (Å²) in [6.45, 7) is 1.84. The second-order valence-electron chi connectivity index (χ2n) is 7.44. The van der Waals surface area contributed by atoms with Gasteiger partial charge in [0.2, 0.25) is 5.91 Å². The molecule has 0 fully saturated rings. The number of benzene rings is 2. The van der Waals surface area contributed by atoms with Crippen molar-refractivity contribution in [2.75, 3.05) is 0 Å². The molecule has 2 amide bonds. The monoisotopic (exact) mass is 447 g/mol. The molecule has 32 heavy (non-hydrogen) atoms. The Bertz CT molecular complexity index is 1220. The summed E-state index contributed by atoms with van der Waals surface area (Å²) in [7, 11) is 0. The minimum atomic E-state index is -0.776. The van der Waals surface area contributed by atoms with Gasteiger partial charge < -0.3 is 10.6 Å². The van der Waals surface area contributed by atoms with Crippen LogP contribution in [0.25, 0.3) is 5.65 Å². The summed E-state index contributed by atoms with van der Waals surface area (Å²) in [5.41, 5.74) is 2.06. The highest BCUT2D eigenvalue weighted by Crippen LogP contribution is 2.14. The molecule has 0 aliphatic heterocycles. The smallest absolute Gasteiger partial charge is 0.251 e. The van der Waals surface area contributed by atoms with Crippen LogP contribution in [0.1, 0.15) is 34.7 Å². The van der Waals surface area contributed by atoms with Gasteiger partial charge in [-0.2, -0.15) is 0 Å². The molecule has 4 rings (SSSR count). The maximum absolute atomic E-state index is 13.2.